The second-order valence-electron chi connectivity index (χ2n) is 6.58. The number of aliphatic hydroxyl groups excluding tert-OH is 5. The summed E-state index contributed by atoms with van der Waals surface area (Å²) in [6, 6.07) is 0. The summed E-state index contributed by atoms with van der Waals surface area (Å²) < 4.78 is 16.8. The molecule has 2 aliphatic heterocycles. The second-order valence-corrected chi connectivity index (χ2v) is 6.58. The van der Waals surface area contributed by atoms with Crippen LogP contribution in [0.3, 0.4) is 0 Å². The van der Waals surface area contributed by atoms with Gasteiger partial charge < -0.3 is 39.7 Å². The first-order chi connectivity index (χ1) is 12.8. The summed E-state index contributed by atoms with van der Waals surface area (Å²) in [5.41, 5.74) is 0. The Morgan fingerprint density at radius 2 is 1.22 bits per heavy atom. The maximum Gasteiger partial charge on any atom is 0.186 e. The van der Waals surface area contributed by atoms with Crippen molar-refractivity contribution in [2.45, 2.75) is 97.5 Å². The number of hydrogen-bond donors (Lipinski definition) is 5. The van der Waals surface area contributed by atoms with Gasteiger partial charge in [0.25, 0.3) is 0 Å². The van der Waals surface area contributed by atoms with Gasteiger partial charge in [0.15, 0.2) is 6.29 Å². The highest BCUT2D eigenvalue weighted by molar-refractivity contribution is 4.92. The summed E-state index contributed by atoms with van der Waals surface area (Å²) in [5.74, 6) is -0.815. The molecule has 0 aromatic rings. The monoisotopic (exact) mass is 396 g/mol. The van der Waals surface area contributed by atoms with Crippen LogP contribution >= 0.6 is 0 Å². The molecule has 0 saturated carbocycles. The summed E-state index contributed by atoms with van der Waals surface area (Å²) in [7, 11) is 0. The number of ether oxygens (including phenoxy) is 3. The molecule has 2 rings (SSSR count). The van der Waals surface area contributed by atoms with E-state index in [-0.39, 0.29) is 19.1 Å². The Balaban J connectivity index is 0.00000158. The predicted octanol–water partition coefficient (Wildman–Crippen LogP) is 0.276. The van der Waals surface area contributed by atoms with Crippen molar-refractivity contribution in [3.8, 4) is 0 Å². The highest BCUT2D eigenvalue weighted by Crippen LogP contribution is 2.33. The van der Waals surface area contributed by atoms with E-state index in [2.05, 4.69) is 0 Å². The lowest BCUT2D eigenvalue weighted by atomic mass is 9.87. The minimum atomic E-state index is -1.30. The van der Waals surface area contributed by atoms with Crippen LogP contribution in [0.5, 0.6) is 0 Å². The van der Waals surface area contributed by atoms with Crippen molar-refractivity contribution in [2.75, 3.05) is 13.2 Å². The third-order valence-electron chi connectivity index (χ3n) is 5.01. The lowest BCUT2D eigenvalue weighted by molar-refractivity contribution is -0.328. The van der Waals surface area contributed by atoms with Crippen LogP contribution in [-0.2, 0) is 14.2 Å². The van der Waals surface area contributed by atoms with E-state index >= 15 is 0 Å². The maximum absolute atomic E-state index is 10.2. The van der Waals surface area contributed by atoms with Crippen molar-refractivity contribution >= 4 is 0 Å². The van der Waals surface area contributed by atoms with Crippen LogP contribution in [0.25, 0.3) is 0 Å². The van der Waals surface area contributed by atoms with E-state index in [4.69, 9.17) is 14.2 Å². The predicted molar refractivity (Wildman–Crippen MR) is 101 cm³/mol. The molecule has 0 spiro atoms. The van der Waals surface area contributed by atoms with Gasteiger partial charge >= 0.3 is 0 Å². The third-order valence-corrected chi connectivity index (χ3v) is 5.01. The normalized spacial score (nSPS) is 44.4. The molecule has 0 unspecified atom stereocenters. The molecule has 2 fully saturated rings. The molecular weight excluding hydrogens is 356 g/mol. The Morgan fingerprint density at radius 1 is 0.704 bits per heavy atom. The molecule has 2 saturated heterocycles. The largest absolute Gasteiger partial charge is 0.394 e. The molecule has 5 N–H and O–H groups in total. The molecule has 0 aromatic carbocycles. The molecule has 164 valence electrons. The Morgan fingerprint density at radius 3 is 1.70 bits per heavy atom. The fourth-order valence-electron chi connectivity index (χ4n) is 3.30. The van der Waals surface area contributed by atoms with Crippen LogP contribution < -0.4 is 0 Å². The minimum absolute atomic E-state index is 0.308. The topological polar surface area (TPSA) is 129 Å². The zero-order chi connectivity index (χ0) is 21.3. The van der Waals surface area contributed by atoms with Crippen molar-refractivity contribution in [1.82, 2.24) is 0 Å². The lowest BCUT2D eigenvalue weighted by Gasteiger charge is -2.46. The van der Waals surface area contributed by atoms with Gasteiger partial charge in [-0.15, -0.1) is 0 Å². The SMILES string of the molecule is CC.CC.C[C@@H]1[C@@H](O)[C@H](C)O[C@H](CO)[C@H]1O[C@@H]1O[C@H](CO)[C@H](C)[C@H](O)[C@H]1O. The number of aliphatic hydroxyl groups is 5. The average Bonchev–Trinajstić information content (AvgIpc) is 2.71. The molecule has 0 bridgehead atoms. The Labute approximate surface area is 163 Å². The summed E-state index contributed by atoms with van der Waals surface area (Å²) in [4.78, 5) is 0. The number of rotatable bonds is 4. The first-order valence-corrected chi connectivity index (χ1v) is 10.0. The van der Waals surface area contributed by atoms with Gasteiger partial charge in [-0.25, -0.2) is 0 Å². The van der Waals surface area contributed by atoms with Gasteiger partial charge in [-0.2, -0.15) is 0 Å². The standard InChI is InChI=1S/C15H28O8.2C2H6/c1-6-9(4-16)22-15(13(20)12(6)19)23-14-7(2)11(18)8(3)21-10(14)5-17;2*1-2/h6-20H,4-5H2,1-3H3;2*1-2H3/t6-,7+,8-,9+,10+,11+,12-,13+,14-,15-;;/m0../s1. The molecule has 2 heterocycles. The van der Waals surface area contributed by atoms with Gasteiger partial charge in [0.1, 0.15) is 12.2 Å². The maximum atomic E-state index is 10.2. The van der Waals surface area contributed by atoms with Crippen LogP contribution in [0.4, 0.5) is 0 Å². The summed E-state index contributed by atoms with van der Waals surface area (Å²) in [6.07, 6.45) is -6.89. The van der Waals surface area contributed by atoms with Crippen molar-refractivity contribution in [1.29, 1.82) is 0 Å². The van der Waals surface area contributed by atoms with Gasteiger partial charge in [-0.05, 0) is 6.92 Å². The van der Waals surface area contributed by atoms with E-state index in [1.165, 1.54) is 0 Å². The summed E-state index contributed by atoms with van der Waals surface area (Å²) in [5, 5.41) is 49.2. The Bertz CT molecular complexity index is 379. The first kappa shape index (κ1) is 26.7. The molecule has 10 atom stereocenters. The molecule has 8 heteroatoms. The van der Waals surface area contributed by atoms with Crippen LogP contribution in [0, 0.1) is 11.8 Å². The summed E-state index contributed by atoms with van der Waals surface area (Å²) >= 11 is 0. The lowest BCUT2D eigenvalue weighted by Crippen LogP contribution is -2.60. The van der Waals surface area contributed by atoms with Crippen molar-refractivity contribution in [3.05, 3.63) is 0 Å². The quantitative estimate of drug-likeness (QED) is 0.458. The third kappa shape index (κ3) is 6.33. The van der Waals surface area contributed by atoms with Crippen LogP contribution in [0.1, 0.15) is 48.5 Å². The van der Waals surface area contributed by atoms with E-state index < -0.39 is 54.9 Å². The average molecular weight is 397 g/mol. The highest BCUT2D eigenvalue weighted by atomic mass is 16.7. The van der Waals surface area contributed by atoms with E-state index in [0.29, 0.717) is 0 Å². The summed E-state index contributed by atoms with van der Waals surface area (Å²) in [6.45, 7) is 12.5. The molecule has 8 nitrogen and oxygen atoms in total. The molecule has 2 aliphatic rings. The van der Waals surface area contributed by atoms with E-state index in [1.807, 2.05) is 27.7 Å². The van der Waals surface area contributed by atoms with Crippen LogP contribution in [0.2, 0.25) is 0 Å². The fraction of sp³-hybridized carbons (Fsp3) is 1.00. The molecular formula is C19H40O8. The van der Waals surface area contributed by atoms with Crippen LogP contribution in [-0.4, -0.2) is 87.8 Å². The number of hydrogen-bond acceptors (Lipinski definition) is 8. The van der Waals surface area contributed by atoms with Crippen molar-refractivity contribution < 1.29 is 39.7 Å². The van der Waals surface area contributed by atoms with Crippen molar-refractivity contribution in [3.63, 3.8) is 0 Å². The second kappa shape index (κ2) is 13.0. The van der Waals surface area contributed by atoms with Gasteiger partial charge in [-0.1, -0.05) is 41.5 Å². The smallest absolute Gasteiger partial charge is 0.186 e. The highest BCUT2D eigenvalue weighted by Gasteiger charge is 2.47. The Hall–Kier alpha value is -0.320. The molecule has 27 heavy (non-hydrogen) atoms. The zero-order valence-corrected chi connectivity index (χ0v) is 17.6. The fourth-order valence-corrected chi connectivity index (χ4v) is 3.30. The van der Waals surface area contributed by atoms with Crippen molar-refractivity contribution in [2.24, 2.45) is 11.8 Å². The molecule has 0 radical (unpaired) electrons. The Kier molecular flexibility index (Phi) is 12.9. The van der Waals surface area contributed by atoms with Gasteiger partial charge in [-0.3, -0.25) is 0 Å². The molecule has 0 amide bonds. The molecule has 0 aromatic heterocycles. The minimum Gasteiger partial charge on any atom is -0.394 e. The van der Waals surface area contributed by atoms with Gasteiger partial charge in [0.05, 0.1) is 43.7 Å². The first-order valence-electron chi connectivity index (χ1n) is 10.0. The van der Waals surface area contributed by atoms with E-state index in [0.717, 1.165) is 0 Å². The van der Waals surface area contributed by atoms with Crippen LogP contribution in [0.15, 0.2) is 0 Å². The zero-order valence-electron chi connectivity index (χ0n) is 17.6. The van der Waals surface area contributed by atoms with Gasteiger partial charge in [0.2, 0.25) is 0 Å². The van der Waals surface area contributed by atoms with E-state index in [1.54, 1.807) is 20.8 Å². The molecule has 0 aliphatic carbocycles. The van der Waals surface area contributed by atoms with E-state index in [9.17, 15) is 25.5 Å². The van der Waals surface area contributed by atoms with Gasteiger partial charge in [0, 0.05) is 11.8 Å².